The third-order valence-corrected chi connectivity index (χ3v) is 18.0. The minimum absolute atomic E-state index is 0.0458. The molecule has 15 heavy (non-hydrogen) atoms. The molecule has 1 aromatic carbocycles. The van der Waals surface area contributed by atoms with Gasteiger partial charge in [-0.2, -0.15) is 0 Å². The first-order valence-electron chi connectivity index (χ1n) is 5.58. The van der Waals surface area contributed by atoms with Crippen molar-refractivity contribution in [3.63, 3.8) is 0 Å². The Kier molecular flexibility index (Phi) is 3.88. The molecule has 0 bridgehead atoms. The van der Waals surface area contributed by atoms with E-state index >= 15 is 0 Å². The topological polar surface area (TPSA) is 20.2 Å². The minimum atomic E-state index is -3.24. The van der Waals surface area contributed by atoms with Gasteiger partial charge in [0, 0.05) is 0 Å². The SMILES string of the molecule is C[CH](C)[Sn]([OH])([c]1ccccc1)[C](C)(C)C. The summed E-state index contributed by atoms with van der Waals surface area (Å²) in [6.07, 6.45) is 0. The molecule has 0 saturated heterocycles. The summed E-state index contributed by atoms with van der Waals surface area (Å²) in [5, 5.41) is 0. The van der Waals surface area contributed by atoms with Crippen LogP contribution in [0.25, 0.3) is 0 Å². The van der Waals surface area contributed by atoms with Crippen LogP contribution in [0.1, 0.15) is 34.6 Å². The Labute approximate surface area is 97.9 Å². The quantitative estimate of drug-likeness (QED) is 0.832. The van der Waals surface area contributed by atoms with Crippen LogP contribution < -0.4 is 3.58 Å². The summed E-state index contributed by atoms with van der Waals surface area (Å²) in [5.41, 5.74) is 0. The molecule has 0 radical (unpaired) electrons. The second-order valence-electron chi connectivity index (χ2n) is 5.54. The third-order valence-electron chi connectivity index (χ3n) is 3.19. The van der Waals surface area contributed by atoms with Crippen LogP contribution in [0.4, 0.5) is 0 Å². The number of hydrogen-bond donors (Lipinski definition) is 1. The van der Waals surface area contributed by atoms with Crippen molar-refractivity contribution in [3.8, 4) is 0 Å². The van der Waals surface area contributed by atoms with Crippen LogP contribution >= 0.6 is 0 Å². The summed E-state index contributed by atoms with van der Waals surface area (Å²) >= 11 is -3.24. The van der Waals surface area contributed by atoms with E-state index in [0.717, 1.165) is 0 Å². The van der Waals surface area contributed by atoms with Gasteiger partial charge in [-0.25, -0.2) is 0 Å². The van der Waals surface area contributed by atoms with Crippen molar-refractivity contribution in [1.29, 1.82) is 0 Å². The van der Waals surface area contributed by atoms with Gasteiger partial charge in [0.1, 0.15) is 0 Å². The second-order valence-corrected chi connectivity index (χ2v) is 19.1. The predicted octanol–water partition coefficient (Wildman–Crippen LogP) is 3.04. The van der Waals surface area contributed by atoms with Crippen molar-refractivity contribution in [2.45, 2.75) is 42.0 Å². The second kappa shape index (κ2) is 4.46. The molecule has 1 atom stereocenters. The Hall–Kier alpha value is -0.0213. The summed E-state index contributed by atoms with van der Waals surface area (Å²) in [6, 6.07) is 10.3. The van der Waals surface area contributed by atoms with E-state index in [0.29, 0.717) is 3.93 Å². The maximum absolute atomic E-state index is 11.1. The molecule has 1 nitrogen and oxygen atoms in total. The Morgan fingerprint density at radius 2 is 1.53 bits per heavy atom. The molecule has 1 aromatic rings. The van der Waals surface area contributed by atoms with Gasteiger partial charge in [0.25, 0.3) is 0 Å². The average molecular weight is 313 g/mol. The molecule has 1 rings (SSSR count). The molecule has 0 saturated carbocycles. The van der Waals surface area contributed by atoms with Crippen LogP contribution in [0.3, 0.4) is 0 Å². The van der Waals surface area contributed by atoms with Gasteiger partial charge in [-0.1, -0.05) is 0 Å². The zero-order valence-corrected chi connectivity index (χ0v) is 13.3. The molecule has 0 amide bonds. The van der Waals surface area contributed by atoms with Crippen molar-refractivity contribution >= 4 is 22.4 Å². The number of rotatable bonds is 2. The summed E-state index contributed by atoms with van der Waals surface area (Å²) in [4.78, 5) is 0. The van der Waals surface area contributed by atoms with Crippen LogP contribution in [0.15, 0.2) is 30.3 Å². The van der Waals surface area contributed by atoms with Crippen molar-refractivity contribution in [3.05, 3.63) is 30.3 Å². The fourth-order valence-corrected chi connectivity index (χ4v) is 13.6. The van der Waals surface area contributed by atoms with Crippen LogP contribution in [0, 0.1) is 0 Å². The zero-order valence-electron chi connectivity index (χ0n) is 10.4. The van der Waals surface area contributed by atoms with Crippen molar-refractivity contribution in [1.82, 2.24) is 0 Å². The first-order chi connectivity index (χ1) is 6.80. The van der Waals surface area contributed by atoms with Gasteiger partial charge in [0.15, 0.2) is 0 Å². The standard InChI is InChI=1S/C6H5.C4H9.C3H7.H2O.Sn/c1-2-4-6-5-3-1;1-4(2)3;1-3-2;;/h1-5H;1-3H3;3H,1-2H3;1H2;/q;;;;+1/p-1. The molecule has 84 valence electrons. The van der Waals surface area contributed by atoms with E-state index in [1.807, 2.05) is 18.2 Å². The molecule has 0 spiro atoms. The van der Waals surface area contributed by atoms with Gasteiger partial charge in [0.2, 0.25) is 0 Å². The van der Waals surface area contributed by atoms with E-state index in [9.17, 15) is 3.44 Å². The normalized spacial score (nSPS) is 16.5. The van der Waals surface area contributed by atoms with Crippen molar-refractivity contribution in [2.75, 3.05) is 0 Å². The van der Waals surface area contributed by atoms with Crippen LogP contribution in [0.5, 0.6) is 0 Å². The first kappa shape index (κ1) is 13.0. The van der Waals surface area contributed by atoms with E-state index in [-0.39, 0.29) is 3.43 Å². The summed E-state index contributed by atoms with van der Waals surface area (Å²) in [7, 11) is 0. The van der Waals surface area contributed by atoms with Crippen molar-refractivity contribution in [2.24, 2.45) is 0 Å². The monoisotopic (exact) mass is 314 g/mol. The Morgan fingerprint density at radius 1 is 1.07 bits per heavy atom. The van der Waals surface area contributed by atoms with E-state index in [2.05, 4.69) is 46.8 Å². The van der Waals surface area contributed by atoms with E-state index in [1.165, 1.54) is 3.58 Å². The van der Waals surface area contributed by atoms with Gasteiger partial charge in [-0.3, -0.25) is 0 Å². The zero-order chi connectivity index (χ0) is 11.7. The van der Waals surface area contributed by atoms with E-state index in [4.69, 9.17) is 0 Å². The Morgan fingerprint density at radius 3 is 1.87 bits per heavy atom. The Bertz CT molecular complexity index is 313. The first-order valence-corrected chi connectivity index (χ1v) is 11.4. The number of hydrogen-bond acceptors (Lipinski definition) is 1. The molecule has 0 aliphatic rings. The molecule has 0 fully saturated rings. The molecule has 1 N–H and O–H groups in total. The molecule has 0 aliphatic carbocycles. The fourth-order valence-electron chi connectivity index (χ4n) is 2.32. The van der Waals surface area contributed by atoms with Gasteiger partial charge >= 0.3 is 98.1 Å². The van der Waals surface area contributed by atoms with Gasteiger partial charge in [-0.15, -0.1) is 0 Å². The fraction of sp³-hybridized carbons (Fsp3) is 0.538. The van der Waals surface area contributed by atoms with E-state index in [1.54, 1.807) is 0 Å². The van der Waals surface area contributed by atoms with Gasteiger partial charge in [0.05, 0.1) is 0 Å². The molecule has 0 heterocycles. The molecule has 1 unspecified atom stereocenters. The third kappa shape index (κ3) is 2.39. The predicted molar refractivity (Wildman–Crippen MR) is 68.9 cm³/mol. The summed E-state index contributed by atoms with van der Waals surface area (Å²) < 4.78 is 12.8. The van der Waals surface area contributed by atoms with Crippen LogP contribution in [-0.4, -0.2) is 22.2 Å². The van der Waals surface area contributed by atoms with Crippen LogP contribution in [-0.2, 0) is 0 Å². The average Bonchev–Trinajstić information content (AvgIpc) is 2.16. The van der Waals surface area contributed by atoms with Crippen molar-refractivity contribution < 1.29 is 3.44 Å². The van der Waals surface area contributed by atoms with Crippen LogP contribution in [0.2, 0.25) is 7.36 Å². The molecule has 0 aliphatic heterocycles. The van der Waals surface area contributed by atoms with Gasteiger partial charge < -0.3 is 0 Å². The summed E-state index contributed by atoms with van der Waals surface area (Å²) in [6.45, 7) is 10.9. The molecular weight excluding hydrogens is 291 g/mol. The summed E-state index contributed by atoms with van der Waals surface area (Å²) in [5.74, 6) is 0. The molecule has 2 heteroatoms. The Balaban J connectivity index is 3.26. The molecule has 0 aromatic heterocycles. The van der Waals surface area contributed by atoms with Gasteiger partial charge in [-0.05, 0) is 0 Å². The number of benzene rings is 1. The molecular formula is C13H22OSn. The van der Waals surface area contributed by atoms with E-state index < -0.39 is 18.8 Å². The maximum atomic E-state index is 11.1.